The van der Waals surface area contributed by atoms with E-state index in [1.54, 1.807) is 12.1 Å². The van der Waals surface area contributed by atoms with E-state index >= 15 is 0 Å². The van der Waals surface area contributed by atoms with Crippen LogP contribution in [0.15, 0.2) is 102 Å². The molecule has 3 aromatic rings. The van der Waals surface area contributed by atoms with E-state index < -0.39 is 5.41 Å². The molecule has 0 N–H and O–H groups in total. The highest BCUT2D eigenvalue weighted by molar-refractivity contribution is 9.10. The molecule has 0 aliphatic heterocycles. The third-order valence-corrected chi connectivity index (χ3v) is 5.60. The number of carbonyl (C=O) groups excluding carboxylic acids is 1. The lowest BCUT2D eigenvalue weighted by Gasteiger charge is -2.36. The molecule has 0 fully saturated rings. The van der Waals surface area contributed by atoms with E-state index in [1.165, 1.54) is 11.1 Å². The third kappa shape index (κ3) is 5.24. The minimum Gasteiger partial charge on any atom is -0.461 e. The molecular formula is C26H25BrO2. The van der Waals surface area contributed by atoms with E-state index in [1.807, 2.05) is 37.3 Å². The molecule has 2 nitrogen and oxygen atoms in total. The number of allylic oxidation sites excluding steroid dienone is 1. The Morgan fingerprint density at radius 3 is 1.93 bits per heavy atom. The summed E-state index contributed by atoms with van der Waals surface area (Å²) in [7, 11) is 0. The fourth-order valence-corrected chi connectivity index (χ4v) is 4.01. The van der Waals surface area contributed by atoms with Crippen molar-refractivity contribution in [3.05, 3.63) is 118 Å². The first-order chi connectivity index (χ1) is 14.0. The van der Waals surface area contributed by atoms with Crippen LogP contribution in [-0.2, 0) is 4.74 Å². The van der Waals surface area contributed by atoms with Crippen molar-refractivity contribution in [3.8, 4) is 0 Å². The van der Waals surface area contributed by atoms with E-state index in [0.717, 1.165) is 4.47 Å². The molecule has 0 heterocycles. The van der Waals surface area contributed by atoms with Gasteiger partial charge in [-0.2, -0.15) is 0 Å². The highest BCUT2D eigenvalue weighted by atomic mass is 79.9. The predicted octanol–water partition coefficient (Wildman–Crippen LogP) is 7.02. The van der Waals surface area contributed by atoms with Crippen molar-refractivity contribution in [1.82, 2.24) is 0 Å². The van der Waals surface area contributed by atoms with Crippen LogP contribution in [0, 0.1) is 5.41 Å². The molecule has 0 aliphatic carbocycles. The van der Waals surface area contributed by atoms with Crippen molar-refractivity contribution in [2.24, 2.45) is 5.41 Å². The van der Waals surface area contributed by atoms with Crippen LogP contribution in [0.5, 0.6) is 0 Å². The van der Waals surface area contributed by atoms with Crippen LogP contribution < -0.4 is 0 Å². The summed E-state index contributed by atoms with van der Waals surface area (Å²) < 4.78 is 6.74. The Morgan fingerprint density at radius 2 is 1.45 bits per heavy atom. The number of carbonyl (C=O) groups is 1. The molecule has 0 saturated carbocycles. The van der Waals surface area contributed by atoms with Crippen molar-refractivity contribution in [2.45, 2.75) is 19.8 Å². The van der Waals surface area contributed by atoms with Gasteiger partial charge in [0.15, 0.2) is 0 Å². The second-order valence-corrected chi connectivity index (χ2v) is 8.26. The zero-order valence-corrected chi connectivity index (χ0v) is 18.3. The first-order valence-corrected chi connectivity index (χ1v) is 10.5. The summed E-state index contributed by atoms with van der Waals surface area (Å²) in [5, 5.41) is 0. The van der Waals surface area contributed by atoms with E-state index in [9.17, 15) is 4.79 Å². The summed E-state index contributed by atoms with van der Waals surface area (Å²) in [5.74, 6) is -0.257. The third-order valence-electron chi connectivity index (χ3n) is 5.07. The molecule has 0 spiro atoms. The highest BCUT2D eigenvalue weighted by Gasteiger charge is 2.35. The van der Waals surface area contributed by atoms with Crippen LogP contribution >= 0.6 is 15.9 Å². The summed E-state index contributed by atoms with van der Waals surface area (Å²) in [6.45, 7) is 4.43. The molecule has 0 aromatic heterocycles. The van der Waals surface area contributed by atoms with Crippen molar-refractivity contribution in [2.75, 3.05) is 6.61 Å². The summed E-state index contributed by atoms with van der Waals surface area (Å²) in [4.78, 5) is 12.6. The molecule has 0 bridgehead atoms. The quantitative estimate of drug-likeness (QED) is 0.286. The Bertz CT molecular complexity index is 910. The first kappa shape index (κ1) is 21.1. The van der Waals surface area contributed by atoms with Gasteiger partial charge in [0.25, 0.3) is 0 Å². The lowest BCUT2D eigenvalue weighted by atomic mass is 9.70. The van der Waals surface area contributed by atoms with Gasteiger partial charge in [-0.1, -0.05) is 95.7 Å². The molecule has 0 aliphatic rings. The van der Waals surface area contributed by atoms with Crippen molar-refractivity contribution in [3.63, 3.8) is 0 Å². The molecular weight excluding hydrogens is 424 g/mol. The van der Waals surface area contributed by atoms with Gasteiger partial charge in [0.2, 0.25) is 0 Å². The maximum atomic E-state index is 12.6. The Labute approximate surface area is 181 Å². The zero-order chi connectivity index (χ0) is 20.7. The van der Waals surface area contributed by atoms with Crippen LogP contribution in [0.4, 0.5) is 0 Å². The number of rotatable bonds is 7. The monoisotopic (exact) mass is 448 g/mol. The van der Waals surface area contributed by atoms with E-state index in [0.29, 0.717) is 5.56 Å². The van der Waals surface area contributed by atoms with Crippen LogP contribution in [0.2, 0.25) is 0 Å². The summed E-state index contributed by atoms with van der Waals surface area (Å²) in [6.07, 6.45) is 4.18. The van der Waals surface area contributed by atoms with Crippen molar-refractivity contribution in [1.29, 1.82) is 0 Å². The average Bonchev–Trinajstić information content (AvgIpc) is 2.74. The average molecular weight is 449 g/mol. The molecule has 29 heavy (non-hydrogen) atoms. The molecule has 3 heteroatoms. The standard InChI is InChI=1S/C26H25BrO2/c1-3-18-26(2,19-29-25(28)22-14-16-23(27)17-15-22)24(20-10-6-4-7-11-20)21-12-8-5-9-13-21/h3-18,24H,19H2,1-2H3/b18-3+/t26-/m1/s1. The maximum Gasteiger partial charge on any atom is 0.338 e. The number of ether oxygens (including phenoxy) is 1. The van der Waals surface area contributed by atoms with Gasteiger partial charge in [-0.3, -0.25) is 0 Å². The first-order valence-electron chi connectivity index (χ1n) is 9.70. The topological polar surface area (TPSA) is 26.3 Å². The summed E-state index contributed by atoms with van der Waals surface area (Å²) in [6, 6.07) is 28.0. The molecule has 148 valence electrons. The van der Waals surface area contributed by atoms with Crippen LogP contribution in [0.3, 0.4) is 0 Å². The predicted molar refractivity (Wildman–Crippen MR) is 122 cm³/mol. The van der Waals surface area contributed by atoms with Gasteiger partial charge in [0, 0.05) is 15.8 Å². The van der Waals surface area contributed by atoms with Crippen molar-refractivity contribution < 1.29 is 9.53 Å². The van der Waals surface area contributed by atoms with E-state index in [-0.39, 0.29) is 18.5 Å². The van der Waals surface area contributed by atoms with E-state index in [2.05, 4.69) is 77.5 Å². The van der Waals surface area contributed by atoms with Gasteiger partial charge in [0.05, 0.1) is 5.56 Å². The fraction of sp³-hybridized carbons (Fsp3) is 0.192. The van der Waals surface area contributed by atoms with Gasteiger partial charge in [-0.05, 0) is 42.3 Å². The second-order valence-electron chi connectivity index (χ2n) is 7.34. The normalized spacial score (nSPS) is 13.4. The largest absolute Gasteiger partial charge is 0.461 e. The molecule has 1 atom stereocenters. The zero-order valence-electron chi connectivity index (χ0n) is 16.7. The van der Waals surface area contributed by atoms with Crippen LogP contribution in [0.1, 0.15) is 41.3 Å². The van der Waals surface area contributed by atoms with E-state index in [4.69, 9.17) is 4.74 Å². The SMILES string of the molecule is C/C=C/[C@](C)(COC(=O)c1ccc(Br)cc1)C(c1ccccc1)c1ccccc1. The number of benzene rings is 3. The molecule has 0 amide bonds. The van der Waals surface area contributed by atoms with Gasteiger partial charge in [-0.15, -0.1) is 0 Å². The smallest absolute Gasteiger partial charge is 0.338 e. The molecule has 3 aromatic carbocycles. The molecule has 0 unspecified atom stereocenters. The summed E-state index contributed by atoms with van der Waals surface area (Å²) in [5.41, 5.74) is 2.53. The highest BCUT2D eigenvalue weighted by Crippen LogP contribution is 2.42. The van der Waals surface area contributed by atoms with Crippen molar-refractivity contribution >= 4 is 21.9 Å². The van der Waals surface area contributed by atoms with Gasteiger partial charge in [0.1, 0.15) is 6.61 Å². The van der Waals surface area contributed by atoms with Crippen LogP contribution in [-0.4, -0.2) is 12.6 Å². The Morgan fingerprint density at radius 1 is 0.931 bits per heavy atom. The molecule has 3 rings (SSSR count). The number of hydrogen-bond acceptors (Lipinski definition) is 2. The Hall–Kier alpha value is -2.65. The number of halogens is 1. The van der Waals surface area contributed by atoms with Gasteiger partial charge in [-0.25, -0.2) is 4.79 Å². The lowest BCUT2D eigenvalue weighted by Crippen LogP contribution is -2.31. The molecule has 0 saturated heterocycles. The maximum absolute atomic E-state index is 12.6. The second kappa shape index (κ2) is 9.71. The van der Waals surface area contributed by atoms with Gasteiger partial charge >= 0.3 is 5.97 Å². The Balaban J connectivity index is 1.93. The number of hydrogen-bond donors (Lipinski definition) is 0. The Kier molecular flexibility index (Phi) is 7.05. The molecule has 0 radical (unpaired) electrons. The van der Waals surface area contributed by atoms with Crippen LogP contribution in [0.25, 0.3) is 0 Å². The minimum atomic E-state index is -0.400. The number of esters is 1. The fourth-order valence-electron chi connectivity index (χ4n) is 3.74. The summed E-state index contributed by atoms with van der Waals surface area (Å²) >= 11 is 3.40. The minimum absolute atomic E-state index is 0.0545. The lowest BCUT2D eigenvalue weighted by molar-refractivity contribution is 0.0360. The van der Waals surface area contributed by atoms with Gasteiger partial charge < -0.3 is 4.74 Å².